The van der Waals surface area contributed by atoms with Gasteiger partial charge in [0.2, 0.25) is 0 Å². The molecule has 1 unspecified atom stereocenters. The first kappa shape index (κ1) is 6.19. The maximum absolute atomic E-state index is 11.1. The van der Waals surface area contributed by atoms with Gasteiger partial charge in [0.15, 0.2) is 0 Å². The molecule has 2 amide bonds. The number of hydrazine groups is 1. The topological polar surface area (TPSA) is 56.7 Å². The van der Waals surface area contributed by atoms with E-state index in [4.69, 9.17) is 0 Å². The summed E-state index contributed by atoms with van der Waals surface area (Å²) in [5, 5.41) is 0. The fourth-order valence-corrected chi connectivity index (χ4v) is 1.79. The van der Waals surface area contributed by atoms with E-state index in [-0.39, 0.29) is 6.03 Å². The number of amides is 2. The number of carbonyl (C=O) groups excluding carboxylic acids is 1. The number of nitrogens with zero attached hydrogens (tertiary/aromatic N) is 2. The summed E-state index contributed by atoms with van der Waals surface area (Å²) in [6.45, 7) is 1.52. The van der Waals surface area contributed by atoms with Gasteiger partial charge in [-0.15, -0.1) is 0 Å². The third-order valence-electron chi connectivity index (χ3n) is 2.43. The Morgan fingerprint density at radius 1 is 1.67 bits per heavy atom. The van der Waals surface area contributed by atoms with Crippen molar-refractivity contribution in [3.8, 4) is 0 Å². The number of carbonyl (C=O) groups is 1. The van der Waals surface area contributed by atoms with Gasteiger partial charge in [-0.1, -0.05) is 0 Å². The van der Waals surface area contributed by atoms with Crippen LogP contribution in [0.1, 0.15) is 0 Å². The van der Waals surface area contributed by atoms with Crippen LogP contribution in [0.2, 0.25) is 0 Å². The standard InChI is InChI=1S/C7H8N4O/c12-7-9-5-2-11(7)3-6-4(5)1-8-10-6/h3-4,8,10H,1-2H2. The van der Waals surface area contributed by atoms with Crippen molar-refractivity contribution < 1.29 is 4.79 Å². The zero-order valence-corrected chi connectivity index (χ0v) is 6.37. The third kappa shape index (κ3) is 0.615. The minimum atomic E-state index is -0.131. The third-order valence-corrected chi connectivity index (χ3v) is 2.43. The second kappa shape index (κ2) is 1.87. The van der Waals surface area contributed by atoms with Gasteiger partial charge in [0.1, 0.15) is 0 Å². The first-order valence-electron chi connectivity index (χ1n) is 3.93. The highest BCUT2D eigenvalue weighted by Gasteiger charge is 2.37. The fourth-order valence-electron chi connectivity index (χ4n) is 1.79. The van der Waals surface area contributed by atoms with Gasteiger partial charge in [0, 0.05) is 12.7 Å². The summed E-state index contributed by atoms with van der Waals surface area (Å²) >= 11 is 0. The molecule has 3 heterocycles. The predicted molar refractivity (Wildman–Crippen MR) is 42.2 cm³/mol. The van der Waals surface area contributed by atoms with Crippen LogP contribution >= 0.6 is 0 Å². The Kier molecular flexibility index (Phi) is 0.962. The summed E-state index contributed by atoms with van der Waals surface area (Å²) in [5.74, 6) is 0.299. The highest BCUT2D eigenvalue weighted by atomic mass is 16.2. The van der Waals surface area contributed by atoms with Crippen LogP contribution in [-0.2, 0) is 0 Å². The van der Waals surface area contributed by atoms with Crippen molar-refractivity contribution in [3.05, 3.63) is 11.9 Å². The zero-order chi connectivity index (χ0) is 8.13. The molecule has 0 saturated carbocycles. The van der Waals surface area contributed by atoms with Crippen LogP contribution in [0.15, 0.2) is 16.9 Å². The molecule has 0 aromatic rings. The summed E-state index contributed by atoms with van der Waals surface area (Å²) in [4.78, 5) is 16.7. The van der Waals surface area contributed by atoms with E-state index >= 15 is 0 Å². The Labute approximate surface area is 69.1 Å². The summed E-state index contributed by atoms with van der Waals surface area (Å²) in [6, 6.07) is -0.131. The maximum atomic E-state index is 11.1. The molecule has 0 aromatic carbocycles. The first-order chi connectivity index (χ1) is 5.84. The Balaban J connectivity index is 2.10. The highest BCUT2D eigenvalue weighted by Crippen LogP contribution is 2.25. The second-order valence-electron chi connectivity index (χ2n) is 3.16. The van der Waals surface area contributed by atoms with Gasteiger partial charge in [-0.2, -0.15) is 4.99 Å². The number of aliphatic imine (C=N–C) groups is 1. The predicted octanol–water partition coefficient (Wildman–Crippen LogP) is -0.558. The Bertz CT molecular complexity index is 319. The zero-order valence-electron chi connectivity index (χ0n) is 6.37. The van der Waals surface area contributed by atoms with Crippen molar-refractivity contribution in [2.24, 2.45) is 10.9 Å². The van der Waals surface area contributed by atoms with Crippen LogP contribution in [0.5, 0.6) is 0 Å². The SMILES string of the molecule is O=C1N=C2CN1C=C1NNCC12. The van der Waals surface area contributed by atoms with E-state index in [1.165, 1.54) is 0 Å². The van der Waals surface area contributed by atoms with E-state index < -0.39 is 0 Å². The van der Waals surface area contributed by atoms with Crippen LogP contribution in [0.25, 0.3) is 0 Å². The molecular weight excluding hydrogens is 156 g/mol. The molecule has 2 N–H and O–H groups in total. The number of rotatable bonds is 0. The van der Waals surface area contributed by atoms with Crippen LogP contribution in [-0.4, -0.2) is 29.7 Å². The molecule has 0 aromatic heterocycles. The fraction of sp³-hybridized carbons (Fsp3) is 0.429. The van der Waals surface area contributed by atoms with Crippen LogP contribution in [0, 0.1) is 5.92 Å². The van der Waals surface area contributed by atoms with Gasteiger partial charge in [-0.05, 0) is 0 Å². The quantitative estimate of drug-likeness (QED) is 0.504. The molecule has 3 aliphatic rings. The Hall–Kier alpha value is -1.36. The van der Waals surface area contributed by atoms with Gasteiger partial charge in [-0.25, -0.2) is 10.2 Å². The summed E-state index contributed by atoms with van der Waals surface area (Å²) in [6.07, 6.45) is 1.84. The molecule has 1 fully saturated rings. The molecule has 0 spiro atoms. The van der Waals surface area contributed by atoms with Gasteiger partial charge in [0.05, 0.1) is 23.9 Å². The summed E-state index contributed by atoms with van der Waals surface area (Å²) < 4.78 is 0. The van der Waals surface area contributed by atoms with E-state index in [9.17, 15) is 4.79 Å². The highest BCUT2D eigenvalue weighted by molar-refractivity contribution is 6.06. The van der Waals surface area contributed by atoms with Crippen molar-refractivity contribution in [2.45, 2.75) is 0 Å². The average molecular weight is 164 g/mol. The van der Waals surface area contributed by atoms with Gasteiger partial charge < -0.3 is 5.43 Å². The minimum Gasteiger partial charge on any atom is -0.323 e. The molecule has 0 radical (unpaired) electrons. The van der Waals surface area contributed by atoms with Gasteiger partial charge >= 0.3 is 6.03 Å². The molecule has 0 aliphatic carbocycles. The Morgan fingerprint density at radius 3 is 3.50 bits per heavy atom. The average Bonchev–Trinajstić information content (AvgIpc) is 2.60. The number of hydrogen-bond acceptors (Lipinski definition) is 3. The van der Waals surface area contributed by atoms with Crippen molar-refractivity contribution >= 4 is 11.7 Å². The molecule has 1 saturated heterocycles. The van der Waals surface area contributed by atoms with Gasteiger partial charge in [-0.3, -0.25) is 4.90 Å². The lowest BCUT2D eigenvalue weighted by molar-refractivity contribution is 0.232. The molecular formula is C7H8N4O. The van der Waals surface area contributed by atoms with E-state index in [1.54, 1.807) is 4.90 Å². The molecule has 3 aliphatic heterocycles. The van der Waals surface area contributed by atoms with Crippen LogP contribution in [0.4, 0.5) is 4.79 Å². The largest absolute Gasteiger partial charge is 0.347 e. The van der Waals surface area contributed by atoms with Crippen LogP contribution < -0.4 is 10.9 Å². The van der Waals surface area contributed by atoms with Crippen molar-refractivity contribution in [1.29, 1.82) is 0 Å². The van der Waals surface area contributed by atoms with E-state index in [1.807, 2.05) is 6.20 Å². The molecule has 3 rings (SSSR count). The van der Waals surface area contributed by atoms with E-state index in [2.05, 4.69) is 15.8 Å². The van der Waals surface area contributed by atoms with Gasteiger partial charge in [0.25, 0.3) is 0 Å². The van der Waals surface area contributed by atoms with Crippen molar-refractivity contribution in [1.82, 2.24) is 15.8 Å². The number of fused-ring (bicyclic) bond motifs is 4. The summed E-state index contributed by atoms with van der Waals surface area (Å²) in [7, 11) is 0. The monoisotopic (exact) mass is 164 g/mol. The minimum absolute atomic E-state index is 0.131. The molecule has 1 atom stereocenters. The first-order valence-corrected chi connectivity index (χ1v) is 3.93. The van der Waals surface area contributed by atoms with Crippen molar-refractivity contribution in [3.63, 3.8) is 0 Å². The summed E-state index contributed by atoms with van der Waals surface area (Å²) in [5.41, 5.74) is 8.09. The lowest BCUT2D eigenvalue weighted by atomic mass is 9.99. The number of nitrogens with one attached hydrogen (secondary N) is 2. The number of hydrogen-bond donors (Lipinski definition) is 2. The van der Waals surface area contributed by atoms with E-state index in [0.29, 0.717) is 12.5 Å². The number of urea groups is 1. The van der Waals surface area contributed by atoms with Crippen molar-refractivity contribution in [2.75, 3.05) is 13.1 Å². The maximum Gasteiger partial charge on any atom is 0.347 e. The lowest BCUT2D eigenvalue weighted by Crippen LogP contribution is -2.31. The second-order valence-corrected chi connectivity index (χ2v) is 3.16. The molecule has 2 bridgehead atoms. The van der Waals surface area contributed by atoms with Crippen LogP contribution in [0.3, 0.4) is 0 Å². The molecule has 62 valence electrons. The lowest BCUT2D eigenvalue weighted by Gasteiger charge is -2.19. The van der Waals surface area contributed by atoms with E-state index in [0.717, 1.165) is 18.0 Å². The normalized spacial score (nSPS) is 31.2. The molecule has 5 nitrogen and oxygen atoms in total. The molecule has 12 heavy (non-hydrogen) atoms. The Morgan fingerprint density at radius 2 is 2.58 bits per heavy atom. The molecule has 5 heteroatoms. The smallest absolute Gasteiger partial charge is 0.323 e.